The highest BCUT2D eigenvalue weighted by atomic mass is 16.6. The molecule has 0 aromatic rings. The molecule has 3 aliphatic heterocycles. The molecule has 64 heavy (non-hydrogen) atoms. The van der Waals surface area contributed by atoms with E-state index in [1.54, 1.807) is 34.1 Å². The van der Waals surface area contributed by atoms with Crippen molar-refractivity contribution in [3.05, 3.63) is 47.6 Å². The Bertz CT molecular complexity index is 1720. The predicted octanol–water partition coefficient (Wildman–Crippen LogP) is 5.93. The van der Waals surface area contributed by atoms with E-state index in [1.807, 2.05) is 58.1 Å². The number of cyclic esters (lactones) is 1. The van der Waals surface area contributed by atoms with Gasteiger partial charge in [0.2, 0.25) is 5.79 Å². The number of rotatable bonds is 6. The molecule has 14 nitrogen and oxygen atoms in total. The minimum absolute atomic E-state index is 0.0290. The summed E-state index contributed by atoms with van der Waals surface area (Å²) in [6.07, 6.45) is 11.3. The fraction of sp³-hybridized carbons (Fsp3) is 0.740. The first-order valence-corrected chi connectivity index (χ1v) is 23.5. The van der Waals surface area contributed by atoms with Gasteiger partial charge in [-0.05, 0) is 113 Å². The predicted molar refractivity (Wildman–Crippen MR) is 241 cm³/mol. The van der Waals surface area contributed by atoms with Gasteiger partial charge in [0.25, 0.3) is 11.7 Å². The van der Waals surface area contributed by atoms with Crippen LogP contribution in [0.3, 0.4) is 0 Å². The number of allylic oxidation sites excluding steroid dienone is 6. The number of hydrogen-bond acceptors (Lipinski definition) is 13. The van der Waals surface area contributed by atoms with Crippen molar-refractivity contribution in [3.63, 3.8) is 0 Å². The van der Waals surface area contributed by atoms with E-state index >= 15 is 0 Å². The Morgan fingerprint density at radius 3 is 2.28 bits per heavy atom. The number of piperidine rings is 1. The van der Waals surface area contributed by atoms with Crippen LogP contribution in [-0.2, 0) is 47.7 Å². The van der Waals surface area contributed by atoms with E-state index in [0.29, 0.717) is 63.4 Å². The third-order valence-electron chi connectivity index (χ3n) is 14.1. The van der Waals surface area contributed by atoms with E-state index in [2.05, 4.69) is 0 Å². The quantitative estimate of drug-likeness (QED) is 0.210. The Morgan fingerprint density at radius 2 is 1.59 bits per heavy atom. The van der Waals surface area contributed by atoms with Gasteiger partial charge in [-0.15, -0.1) is 0 Å². The van der Waals surface area contributed by atoms with Gasteiger partial charge in [-0.1, -0.05) is 64.2 Å². The number of carbonyl (C=O) groups is 5. The van der Waals surface area contributed by atoms with Crippen molar-refractivity contribution in [3.8, 4) is 0 Å². The SMILES string of the molecule is CO[C@H]1C[C@@H]2CC[C@@H](C)[C@@](O)(O2)C(=O)C(=O)N2CCCCC2C(=O)O[C@H]([C@H](C)CC2CC[C@@H](O)[C@H](OC)C2)CC(=O)C(C)=CC[C@@H](O)[C@@H](OC)C(=O)[C@H](C)C[C@H](C)C=CC=CC=C1C. The van der Waals surface area contributed by atoms with E-state index in [9.17, 15) is 39.3 Å². The van der Waals surface area contributed by atoms with Crippen molar-refractivity contribution < 1.29 is 63.0 Å². The molecule has 2 bridgehead atoms. The van der Waals surface area contributed by atoms with Crippen LogP contribution in [0, 0.1) is 29.6 Å². The lowest BCUT2D eigenvalue weighted by Crippen LogP contribution is -2.61. The zero-order valence-electron chi connectivity index (χ0n) is 39.7. The molecular weight excluding hydrogens is 823 g/mol. The minimum atomic E-state index is -2.43. The van der Waals surface area contributed by atoms with Crippen molar-refractivity contribution in [1.82, 2.24) is 4.90 Å². The zero-order valence-corrected chi connectivity index (χ0v) is 39.7. The fourth-order valence-electron chi connectivity index (χ4n) is 9.85. The normalized spacial score (nSPS) is 37.1. The van der Waals surface area contributed by atoms with Crippen molar-refractivity contribution in [2.24, 2.45) is 29.6 Å². The second-order valence-corrected chi connectivity index (χ2v) is 19.1. The number of amides is 1. The molecule has 0 aromatic carbocycles. The topological polar surface area (TPSA) is 195 Å². The number of Topliss-reactive ketones (excluding diaryl/α,β-unsaturated/α-hetero) is 3. The molecule has 1 aliphatic carbocycles. The molecule has 14 heteroatoms. The van der Waals surface area contributed by atoms with Crippen LogP contribution >= 0.6 is 0 Å². The van der Waals surface area contributed by atoms with Crippen LogP contribution in [0.4, 0.5) is 0 Å². The molecule has 360 valence electrons. The molecule has 4 aliphatic rings. The van der Waals surface area contributed by atoms with Crippen LogP contribution in [0.15, 0.2) is 47.6 Å². The van der Waals surface area contributed by atoms with Gasteiger partial charge in [0.15, 0.2) is 11.6 Å². The van der Waals surface area contributed by atoms with Gasteiger partial charge in [-0.25, -0.2) is 4.79 Å². The Kier molecular flexibility index (Phi) is 20.8. The zero-order chi connectivity index (χ0) is 47.3. The third kappa shape index (κ3) is 14.1. The highest BCUT2D eigenvalue weighted by molar-refractivity contribution is 6.39. The number of ketones is 3. The lowest BCUT2D eigenvalue weighted by Gasteiger charge is -2.42. The monoisotopic (exact) mass is 900 g/mol. The van der Waals surface area contributed by atoms with Gasteiger partial charge in [-0.3, -0.25) is 19.2 Å². The molecular formula is C50H77NO13. The fourth-order valence-corrected chi connectivity index (χ4v) is 9.85. The summed E-state index contributed by atoms with van der Waals surface area (Å²) in [6.45, 7) is 11.0. The number of fused-ring (bicyclic) bond motifs is 3. The average molecular weight is 900 g/mol. The van der Waals surface area contributed by atoms with Gasteiger partial charge in [0, 0.05) is 52.6 Å². The van der Waals surface area contributed by atoms with E-state index in [4.69, 9.17) is 23.7 Å². The molecule has 0 aromatic heterocycles. The van der Waals surface area contributed by atoms with E-state index in [1.165, 1.54) is 12.0 Å². The van der Waals surface area contributed by atoms with E-state index in [0.717, 1.165) is 12.0 Å². The largest absolute Gasteiger partial charge is 0.460 e. The van der Waals surface area contributed by atoms with Gasteiger partial charge in [0.1, 0.15) is 18.2 Å². The standard InChI is InChI=1S/C50H77NO13/c1-30-15-11-10-12-16-32(3)42(60-7)28-37-21-19-35(6)50(59,64-37)47(56)48(57)51-24-14-13-17-38(51)49(58)63-43(33(4)26-36-20-23-39(52)44(27-36)61-8)29-41(54)31(2)18-22-40(53)46(62-9)45(55)34(5)25-30/h10-12,15-16,18,30,33-40,42-44,46,52-53,59H,13-14,17,19-29H2,1-9H3/t30-,33-,34-,35-,36?,37+,38?,39-,40-,42+,43+,44-,46-,50-/m1/s1. The number of aliphatic hydroxyl groups excluding tert-OH is 2. The summed E-state index contributed by atoms with van der Waals surface area (Å²) >= 11 is 0. The number of nitrogens with zero attached hydrogens (tertiary/aromatic N) is 1. The summed E-state index contributed by atoms with van der Waals surface area (Å²) in [6, 6.07) is -1.14. The third-order valence-corrected chi connectivity index (χ3v) is 14.1. The average Bonchev–Trinajstić information content (AvgIpc) is 3.27. The highest BCUT2D eigenvalue weighted by Gasteiger charge is 2.53. The molecule has 2 saturated heterocycles. The first kappa shape index (κ1) is 53.2. The summed E-state index contributed by atoms with van der Waals surface area (Å²) in [5.74, 6) is -7.23. The Balaban J connectivity index is 1.68. The summed E-state index contributed by atoms with van der Waals surface area (Å²) in [7, 11) is 4.52. The highest BCUT2D eigenvalue weighted by Crippen LogP contribution is 2.37. The van der Waals surface area contributed by atoms with Crippen LogP contribution in [0.1, 0.15) is 125 Å². The molecule has 14 atom stereocenters. The lowest BCUT2D eigenvalue weighted by molar-refractivity contribution is -0.265. The van der Waals surface area contributed by atoms with Crippen molar-refractivity contribution in [2.45, 2.75) is 180 Å². The molecule has 2 unspecified atom stereocenters. The molecule has 1 amide bonds. The number of methoxy groups -OCH3 is 3. The summed E-state index contributed by atoms with van der Waals surface area (Å²) in [5.41, 5.74) is 1.19. The minimum Gasteiger partial charge on any atom is -0.460 e. The summed E-state index contributed by atoms with van der Waals surface area (Å²) < 4.78 is 29.2. The Hall–Kier alpha value is -3.37. The van der Waals surface area contributed by atoms with Crippen LogP contribution < -0.4 is 0 Å². The lowest BCUT2D eigenvalue weighted by atomic mass is 9.78. The molecule has 3 heterocycles. The molecule has 0 radical (unpaired) electrons. The van der Waals surface area contributed by atoms with Crippen molar-refractivity contribution in [1.29, 1.82) is 0 Å². The van der Waals surface area contributed by atoms with E-state index < -0.39 is 77.9 Å². The summed E-state index contributed by atoms with van der Waals surface area (Å²) in [4.78, 5) is 71.3. The summed E-state index contributed by atoms with van der Waals surface area (Å²) in [5, 5.41) is 33.6. The molecule has 0 spiro atoms. The smallest absolute Gasteiger partial charge is 0.329 e. The Morgan fingerprint density at radius 1 is 0.859 bits per heavy atom. The number of ether oxygens (including phenoxy) is 5. The van der Waals surface area contributed by atoms with Gasteiger partial charge in [-0.2, -0.15) is 0 Å². The van der Waals surface area contributed by atoms with Crippen LogP contribution in [0.5, 0.6) is 0 Å². The molecule has 3 fully saturated rings. The molecule has 4 rings (SSSR count). The number of esters is 1. The van der Waals surface area contributed by atoms with Gasteiger partial charge >= 0.3 is 5.97 Å². The maximum absolute atomic E-state index is 14.3. The first-order chi connectivity index (χ1) is 30.3. The van der Waals surface area contributed by atoms with E-state index in [-0.39, 0.29) is 61.2 Å². The second kappa shape index (κ2) is 25.0. The van der Waals surface area contributed by atoms with Gasteiger partial charge < -0.3 is 43.9 Å². The second-order valence-electron chi connectivity index (χ2n) is 19.1. The van der Waals surface area contributed by atoms with Crippen molar-refractivity contribution in [2.75, 3.05) is 27.9 Å². The van der Waals surface area contributed by atoms with Crippen LogP contribution in [0.2, 0.25) is 0 Å². The number of aliphatic hydroxyl groups is 3. The first-order valence-electron chi connectivity index (χ1n) is 23.5. The number of carbonyl (C=O) groups excluding carboxylic acids is 5. The van der Waals surface area contributed by atoms with Crippen LogP contribution in [-0.4, -0.2) is 132 Å². The number of hydrogen-bond donors (Lipinski definition) is 3. The van der Waals surface area contributed by atoms with Gasteiger partial charge in [0.05, 0.1) is 30.5 Å². The molecule has 3 N–H and O–H groups in total. The Labute approximate surface area is 380 Å². The maximum atomic E-state index is 14.3. The van der Waals surface area contributed by atoms with Crippen LogP contribution in [0.25, 0.3) is 0 Å². The molecule has 1 saturated carbocycles. The maximum Gasteiger partial charge on any atom is 0.329 e. The van der Waals surface area contributed by atoms with Crippen molar-refractivity contribution >= 4 is 29.2 Å².